The Hall–Kier alpha value is -1.94. The van der Waals surface area contributed by atoms with E-state index < -0.39 is 0 Å². The van der Waals surface area contributed by atoms with Crippen LogP contribution in [0.3, 0.4) is 0 Å². The zero-order chi connectivity index (χ0) is 13.7. The highest BCUT2D eigenvalue weighted by Gasteiger charge is 2.04. The third-order valence-corrected chi connectivity index (χ3v) is 2.94. The number of aromatic nitrogens is 2. The summed E-state index contributed by atoms with van der Waals surface area (Å²) in [5.41, 5.74) is 2.59. The Kier molecular flexibility index (Phi) is 4.47. The van der Waals surface area contributed by atoms with E-state index in [1.54, 1.807) is 4.57 Å². The smallest absolute Gasteiger partial charge is 0.269 e. The van der Waals surface area contributed by atoms with Crippen LogP contribution in [0.15, 0.2) is 47.4 Å². The SMILES string of the molecule is C=C(CNCCC)Cn1c(=O)cnc2ccccc21. The van der Waals surface area contributed by atoms with Crippen molar-refractivity contribution in [3.8, 4) is 0 Å². The minimum Gasteiger partial charge on any atom is -0.313 e. The number of nitrogens with one attached hydrogen (secondary N) is 1. The van der Waals surface area contributed by atoms with Crippen molar-refractivity contribution in [3.05, 3.63) is 53.0 Å². The topological polar surface area (TPSA) is 46.9 Å². The molecule has 2 aromatic rings. The number of hydrogen-bond acceptors (Lipinski definition) is 3. The van der Waals surface area contributed by atoms with Crippen molar-refractivity contribution in [3.63, 3.8) is 0 Å². The molecule has 0 aliphatic heterocycles. The molecule has 1 heterocycles. The van der Waals surface area contributed by atoms with Gasteiger partial charge in [-0.05, 0) is 30.7 Å². The van der Waals surface area contributed by atoms with Gasteiger partial charge in [-0.1, -0.05) is 25.6 Å². The molecule has 19 heavy (non-hydrogen) atoms. The zero-order valence-electron chi connectivity index (χ0n) is 11.2. The van der Waals surface area contributed by atoms with Crippen LogP contribution in [0.2, 0.25) is 0 Å². The van der Waals surface area contributed by atoms with E-state index in [2.05, 4.69) is 23.8 Å². The predicted molar refractivity (Wildman–Crippen MR) is 78.3 cm³/mol. The quantitative estimate of drug-likeness (QED) is 0.635. The maximum absolute atomic E-state index is 11.9. The summed E-state index contributed by atoms with van der Waals surface area (Å²) in [7, 11) is 0. The summed E-state index contributed by atoms with van der Waals surface area (Å²) in [4.78, 5) is 16.1. The molecule has 0 aliphatic carbocycles. The molecular weight excluding hydrogens is 238 g/mol. The number of para-hydroxylation sites is 2. The number of nitrogens with zero attached hydrogens (tertiary/aromatic N) is 2. The van der Waals surface area contributed by atoms with Gasteiger partial charge in [-0.3, -0.25) is 4.79 Å². The average molecular weight is 257 g/mol. The molecule has 1 aromatic carbocycles. The fraction of sp³-hybridized carbons (Fsp3) is 0.333. The third kappa shape index (κ3) is 3.29. The van der Waals surface area contributed by atoms with E-state index in [1.807, 2.05) is 24.3 Å². The van der Waals surface area contributed by atoms with Gasteiger partial charge >= 0.3 is 0 Å². The Morgan fingerprint density at radius 3 is 3.00 bits per heavy atom. The summed E-state index contributed by atoms with van der Waals surface area (Å²) < 4.78 is 1.72. The lowest BCUT2D eigenvalue weighted by atomic mass is 10.2. The van der Waals surface area contributed by atoms with E-state index in [9.17, 15) is 4.79 Å². The normalized spacial score (nSPS) is 10.8. The molecule has 0 radical (unpaired) electrons. The van der Waals surface area contributed by atoms with Crippen molar-refractivity contribution in [2.75, 3.05) is 13.1 Å². The summed E-state index contributed by atoms with van der Waals surface area (Å²) in [5.74, 6) is 0. The van der Waals surface area contributed by atoms with Gasteiger partial charge < -0.3 is 9.88 Å². The first-order valence-electron chi connectivity index (χ1n) is 6.54. The molecule has 1 aromatic heterocycles. The van der Waals surface area contributed by atoms with Crippen LogP contribution in [0.25, 0.3) is 11.0 Å². The molecule has 100 valence electrons. The van der Waals surface area contributed by atoms with E-state index in [1.165, 1.54) is 6.20 Å². The van der Waals surface area contributed by atoms with Gasteiger partial charge in [-0.25, -0.2) is 4.98 Å². The van der Waals surface area contributed by atoms with Crippen LogP contribution in [-0.2, 0) is 6.54 Å². The van der Waals surface area contributed by atoms with Gasteiger partial charge in [0.1, 0.15) is 0 Å². The highest BCUT2D eigenvalue weighted by molar-refractivity contribution is 5.74. The van der Waals surface area contributed by atoms with Crippen molar-refractivity contribution >= 4 is 11.0 Å². The lowest BCUT2D eigenvalue weighted by molar-refractivity contribution is 0.672. The summed E-state index contributed by atoms with van der Waals surface area (Å²) in [6.07, 6.45) is 2.46. The summed E-state index contributed by atoms with van der Waals surface area (Å²) >= 11 is 0. The second kappa shape index (κ2) is 6.29. The van der Waals surface area contributed by atoms with E-state index >= 15 is 0 Å². The molecule has 1 N–H and O–H groups in total. The van der Waals surface area contributed by atoms with E-state index in [0.717, 1.165) is 36.1 Å². The van der Waals surface area contributed by atoms with Gasteiger partial charge in [-0.2, -0.15) is 0 Å². The molecule has 0 fully saturated rings. The number of rotatable bonds is 6. The summed E-state index contributed by atoms with van der Waals surface area (Å²) in [6.45, 7) is 8.37. The van der Waals surface area contributed by atoms with Crippen molar-refractivity contribution in [2.24, 2.45) is 0 Å². The molecule has 0 unspecified atom stereocenters. The minimum absolute atomic E-state index is 0.0876. The van der Waals surface area contributed by atoms with Gasteiger partial charge in [0.2, 0.25) is 0 Å². The van der Waals surface area contributed by atoms with Crippen LogP contribution in [0.5, 0.6) is 0 Å². The predicted octanol–water partition coefficient (Wildman–Crippen LogP) is 1.95. The van der Waals surface area contributed by atoms with Gasteiger partial charge in [0.25, 0.3) is 5.56 Å². The van der Waals surface area contributed by atoms with E-state index in [0.29, 0.717) is 6.54 Å². The van der Waals surface area contributed by atoms with E-state index in [-0.39, 0.29) is 5.56 Å². The highest BCUT2D eigenvalue weighted by atomic mass is 16.1. The van der Waals surface area contributed by atoms with Crippen LogP contribution in [0, 0.1) is 0 Å². The molecular formula is C15H19N3O. The first-order valence-corrected chi connectivity index (χ1v) is 6.54. The Labute approximate surface area is 112 Å². The van der Waals surface area contributed by atoms with Gasteiger partial charge in [0.15, 0.2) is 0 Å². The molecule has 0 amide bonds. The van der Waals surface area contributed by atoms with Crippen molar-refractivity contribution < 1.29 is 0 Å². The Bertz CT molecular complexity index is 631. The molecule has 4 heteroatoms. The van der Waals surface area contributed by atoms with Crippen molar-refractivity contribution in [2.45, 2.75) is 19.9 Å². The Morgan fingerprint density at radius 1 is 1.42 bits per heavy atom. The zero-order valence-corrected chi connectivity index (χ0v) is 11.2. The first kappa shape index (κ1) is 13.5. The summed E-state index contributed by atoms with van der Waals surface area (Å²) in [6, 6.07) is 7.65. The highest BCUT2D eigenvalue weighted by Crippen LogP contribution is 2.09. The van der Waals surface area contributed by atoms with Crippen molar-refractivity contribution in [1.29, 1.82) is 0 Å². The molecule has 0 spiro atoms. The summed E-state index contributed by atoms with van der Waals surface area (Å²) in [5, 5.41) is 3.29. The fourth-order valence-electron chi connectivity index (χ4n) is 2.00. The molecule has 0 atom stereocenters. The molecule has 0 saturated carbocycles. The Balaban J connectivity index is 2.22. The maximum Gasteiger partial charge on any atom is 0.269 e. The van der Waals surface area contributed by atoms with Gasteiger partial charge in [0, 0.05) is 13.1 Å². The molecule has 4 nitrogen and oxygen atoms in total. The standard InChI is InChI=1S/C15H19N3O/c1-3-8-16-9-12(2)11-18-14-7-5-4-6-13(14)17-10-15(18)19/h4-7,10,16H,2-3,8-9,11H2,1H3. The van der Waals surface area contributed by atoms with Crippen LogP contribution in [-0.4, -0.2) is 22.6 Å². The number of fused-ring (bicyclic) bond motifs is 1. The van der Waals surface area contributed by atoms with Gasteiger partial charge in [0.05, 0.1) is 17.2 Å². The maximum atomic E-state index is 11.9. The van der Waals surface area contributed by atoms with Crippen LogP contribution < -0.4 is 10.9 Å². The Morgan fingerprint density at radius 2 is 2.21 bits per heavy atom. The second-order valence-electron chi connectivity index (χ2n) is 4.60. The third-order valence-electron chi connectivity index (χ3n) is 2.94. The van der Waals surface area contributed by atoms with E-state index in [4.69, 9.17) is 0 Å². The number of hydrogen-bond donors (Lipinski definition) is 1. The van der Waals surface area contributed by atoms with Gasteiger partial charge in [-0.15, -0.1) is 0 Å². The van der Waals surface area contributed by atoms with Crippen LogP contribution in [0.1, 0.15) is 13.3 Å². The number of benzene rings is 1. The van der Waals surface area contributed by atoms with Crippen molar-refractivity contribution in [1.82, 2.24) is 14.9 Å². The lowest BCUT2D eigenvalue weighted by Crippen LogP contribution is -2.25. The van der Waals surface area contributed by atoms with Crippen LogP contribution >= 0.6 is 0 Å². The monoisotopic (exact) mass is 257 g/mol. The molecule has 0 saturated heterocycles. The van der Waals surface area contributed by atoms with Crippen LogP contribution in [0.4, 0.5) is 0 Å². The average Bonchev–Trinajstić information content (AvgIpc) is 2.42. The molecule has 0 bridgehead atoms. The lowest BCUT2D eigenvalue weighted by Gasteiger charge is -2.12. The molecule has 0 aliphatic rings. The molecule has 2 rings (SSSR count). The second-order valence-corrected chi connectivity index (χ2v) is 4.60. The minimum atomic E-state index is -0.0876. The largest absolute Gasteiger partial charge is 0.313 e. The fourth-order valence-corrected chi connectivity index (χ4v) is 2.00. The first-order chi connectivity index (χ1) is 9.22.